The van der Waals surface area contributed by atoms with Gasteiger partial charge in [-0.1, -0.05) is 44.2 Å². The average Bonchev–Trinajstić information content (AvgIpc) is 2.74. The van der Waals surface area contributed by atoms with E-state index in [9.17, 15) is 8.42 Å². The molecule has 2 N–H and O–H groups in total. The predicted molar refractivity (Wildman–Crippen MR) is 127 cm³/mol. The lowest BCUT2D eigenvalue weighted by Crippen LogP contribution is -2.49. The average molecular weight is 437 g/mol. The van der Waals surface area contributed by atoms with Gasteiger partial charge >= 0.3 is 0 Å². The van der Waals surface area contributed by atoms with Gasteiger partial charge in [-0.25, -0.2) is 8.42 Å². The first-order valence-electron chi connectivity index (χ1n) is 11.3. The Bertz CT molecular complexity index is 753. The molecule has 2 rings (SSSR count). The van der Waals surface area contributed by atoms with Crippen molar-refractivity contribution in [3.05, 3.63) is 35.9 Å². The molecular weight excluding hydrogens is 396 g/mol. The van der Waals surface area contributed by atoms with E-state index < -0.39 is 9.84 Å². The monoisotopic (exact) mass is 436 g/mol. The second-order valence-electron chi connectivity index (χ2n) is 8.44. The molecule has 0 atom stereocenters. The van der Waals surface area contributed by atoms with Crippen molar-refractivity contribution in [3.63, 3.8) is 0 Å². The number of piperidine rings is 1. The Labute approximate surface area is 183 Å². The lowest BCUT2D eigenvalue weighted by Gasteiger charge is -2.34. The third kappa shape index (κ3) is 7.58. The minimum Gasteiger partial charge on any atom is -0.357 e. The summed E-state index contributed by atoms with van der Waals surface area (Å²) in [6, 6.07) is 11.1. The maximum atomic E-state index is 11.4. The fraction of sp³-hybridized carbons (Fsp3) is 0.696. The number of guanidine groups is 1. The highest BCUT2D eigenvalue weighted by molar-refractivity contribution is 7.90. The number of nitrogens with zero attached hydrogens (tertiary/aromatic N) is 2. The van der Waals surface area contributed by atoms with Crippen LogP contribution >= 0.6 is 0 Å². The van der Waals surface area contributed by atoms with Gasteiger partial charge in [-0.15, -0.1) is 0 Å². The standard InChI is InChI=1S/C23H40N4O2S/c1-5-23(6-2,20-11-9-8-10-12-20)19-25-22(24-7-3)26-21-13-15-27(16-14-21)17-18-30(4,28)29/h8-12,21H,5-7,13-19H2,1-4H3,(H2,24,25,26). The van der Waals surface area contributed by atoms with E-state index >= 15 is 0 Å². The number of rotatable bonds is 10. The number of sulfone groups is 1. The van der Waals surface area contributed by atoms with Crippen molar-refractivity contribution in [1.82, 2.24) is 15.5 Å². The SMILES string of the molecule is CCNC(=NCC(CC)(CC)c1ccccc1)NC1CCN(CCS(C)(=O)=O)CC1. The van der Waals surface area contributed by atoms with E-state index in [-0.39, 0.29) is 11.2 Å². The summed E-state index contributed by atoms with van der Waals surface area (Å²) in [4.78, 5) is 7.24. The highest BCUT2D eigenvalue weighted by atomic mass is 32.2. The predicted octanol–water partition coefficient (Wildman–Crippen LogP) is 2.81. The van der Waals surface area contributed by atoms with Gasteiger partial charge in [0.15, 0.2) is 5.96 Å². The zero-order valence-electron chi connectivity index (χ0n) is 19.2. The van der Waals surface area contributed by atoms with Gasteiger partial charge < -0.3 is 15.5 Å². The van der Waals surface area contributed by atoms with E-state index in [2.05, 4.69) is 66.6 Å². The molecule has 0 saturated carbocycles. The maximum Gasteiger partial charge on any atom is 0.191 e. The Hall–Kier alpha value is -1.60. The van der Waals surface area contributed by atoms with Gasteiger partial charge in [0.1, 0.15) is 9.84 Å². The number of hydrogen-bond donors (Lipinski definition) is 2. The van der Waals surface area contributed by atoms with Crippen LogP contribution in [0.5, 0.6) is 0 Å². The number of hydrogen-bond acceptors (Lipinski definition) is 4. The molecule has 1 aromatic carbocycles. The Balaban J connectivity index is 1.97. The van der Waals surface area contributed by atoms with E-state index in [1.165, 1.54) is 11.8 Å². The third-order valence-corrected chi connectivity index (χ3v) is 7.25. The summed E-state index contributed by atoms with van der Waals surface area (Å²) in [7, 11) is -2.90. The van der Waals surface area contributed by atoms with Gasteiger partial charge in [0.25, 0.3) is 0 Å². The van der Waals surface area contributed by atoms with E-state index in [1.807, 2.05) is 0 Å². The highest BCUT2D eigenvalue weighted by Crippen LogP contribution is 2.32. The molecule has 1 aliphatic heterocycles. The van der Waals surface area contributed by atoms with Gasteiger partial charge in [0.05, 0.1) is 12.3 Å². The topological polar surface area (TPSA) is 73.8 Å². The molecule has 0 spiro atoms. The van der Waals surface area contributed by atoms with Crippen LogP contribution in [0.15, 0.2) is 35.3 Å². The maximum absolute atomic E-state index is 11.4. The summed E-state index contributed by atoms with van der Waals surface area (Å²) in [6.45, 7) is 10.6. The second-order valence-corrected chi connectivity index (χ2v) is 10.7. The number of nitrogens with one attached hydrogen (secondary N) is 2. The van der Waals surface area contributed by atoms with Crippen LogP contribution in [0, 0.1) is 0 Å². The van der Waals surface area contributed by atoms with E-state index in [0.717, 1.165) is 57.8 Å². The summed E-state index contributed by atoms with van der Waals surface area (Å²) in [6.07, 6.45) is 5.41. The van der Waals surface area contributed by atoms with Crippen LogP contribution in [0.1, 0.15) is 52.0 Å². The lowest BCUT2D eigenvalue weighted by atomic mass is 9.76. The van der Waals surface area contributed by atoms with Crippen molar-refractivity contribution >= 4 is 15.8 Å². The Morgan fingerprint density at radius 1 is 1.13 bits per heavy atom. The summed E-state index contributed by atoms with van der Waals surface area (Å²) < 4.78 is 22.8. The van der Waals surface area contributed by atoms with Crippen molar-refractivity contribution in [1.29, 1.82) is 0 Å². The number of aliphatic imine (C=N–C) groups is 1. The molecule has 1 aliphatic rings. The first-order valence-corrected chi connectivity index (χ1v) is 13.4. The van der Waals surface area contributed by atoms with E-state index in [1.54, 1.807) is 0 Å². The molecule has 0 unspecified atom stereocenters. The summed E-state index contributed by atoms with van der Waals surface area (Å²) in [5.74, 6) is 1.12. The first kappa shape index (κ1) is 24.7. The van der Waals surface area contributed by atoms with Gasteiger partial charge in [0, 0.05) is 43.9 Å². The summed E-state index contributed by atoms with van der Waals surface area (Å²) in [5, 5.41) is 7.02. The first-order chi connectivity index (χ1) is 14.3. The fourth-order valence-electron chi connectivity index (χ4n) is 4.10. The second kappa shape index (κ2) is 11.7. The molecule has 0 amide bonds. The van der Waals surface area contributed by atoms with Gasteiger partial charge in [0.2, 0.25) is 0 Å². The molecule has 0 bridgehead atoms. The normalized spacial score (nSPS) is 17.1. The van der Waals surface area contributed by atoms with Crippen molar-refractivity contribution in [3.8, 4) is 0 Å². The van der Waals surface area contributed by atoms with Crippen LogP contribution in [-0.2, 0) is 15.3 Å². The molecule has 1 heterocycles. The molecule has 30 heavy (non-hydrogen) atoms. The molecule has 1 saturated heterocycles. The number of likely N-dealkylation sites (tertiary alicyclic amines) is 1. The van der Waals surface area contributed by atoms with E-state index in [0.29, 0.717) is 12.6 Å². The molecule has 170 valence electrons. The Kier molecular flexibility index (Phi) is 9.62. The Morgan fingerprint density at radius 3 is 2.30 bits per heavy atom. The molecule has 0 radical (unpaired) electrons. The summed E-state index contributed by atoms with van der Waals surface area (Å²) in [5.41, 5.74) is 1.41. The van der Waals surface area contributed by atoms with E-state index in [4.69, 9.17) is 4.99 Å². The Morgan fingerprint density at radius 2 is 1.77 bits per heavy atom. The van der Waals surface area contributed by atoms with Gasteiger partial charge in [-0.05, 0) is 38.2 Å². The third-order valence-electron chi connectivity index (χ3n) is 6.33. The highest BCUT2D eigenvalue weighted by Gasteiger charge is 2.28. The van der Waals surface area contributed by atoms with Gasteiger partial charge in [-0.2, -0.15) is 0 Å². The molecule has 1 fully saturated rings. The smallest absolute Gasteiger partial charge is 0.191 e. The minimum absolute atomic E-state index is 0.0542. The van der Waals surface area contributed by atoms with Crippen molar-refractivity contribution in [2.24, 2.45) is 4.99 Å². The molecule has 7 heteroatoms. The van der Waals surface area contributed by atoms with Crippen LogP contribution in [0.3, 0.4) is 0 Å². The molecule has 1 aromatic rings. The van der Waals surface area contributed by atoms with Gasteiger partial charge in [-0.3, -0.25) is 4.99 Å². The summed E-state index contributed by atoms with van der Waals surface area (Å²) >= 11 is 0. The molecular formula is C23H40N4O2S. The van der Waals surface area contributed by atoms with Crippen LogP contribution < -0.4 is 10.6 Å². The largest absolute Gasteiger partial charge is 0.357 e. The van der Waals surface area contributed by atoms with Crippen LogP contribution in [0.4, 0.5) is 0 Å². The van der Waals surface area contributed by atoms with Crippen molar-refractivity contribution < 1.29 is 8.42 Å². The van der Waals surface area contributed by atoms with Crippen molar-refractivity contribution in [2.75, 3.05) is 44.7 Å². The van der Waals surface area contributed by atoms with Crippen LogP contribution in [0.25, 0.3) is 0 Å². The quantitative estimate of drug-likeness (QED) is 0.436. The van der Waals surface area contributed by atoms with Crippen LogP contribution in [-0.4, -0.2) is 70.1 Å². The minimum atomic E-state index is -2.90. The fourth-order valence-corrected chi connectivity index (χ4v) is 4.69. The number of benzene rings is 1. The van der Waals surface area contributed by atoms with Crippen LogP contribution in [0.2, 0.25) is 0 Å². The van der Waals surface area contributed by atoms with Crippen molar-refractivity contribution in [2.45, 2.75) is 57.9 Å². The molecule has 6 nitrogen and oxygen atoms in total. The lowest BCUT2D eigenvalue weighted by molar-refractivity contribution is 0.216. The molecule has 0 aliphatic carbocycles. The zero-order chi connectivity index (χ0) is 22.0. The zero-order valence-corrected chi connectivity index (χ0v) is 20.0. The molecule has 0 aromatic heterocycles.